The molecule has 19 heavy (non-hydrogen) atoms. The van der Waals surface area contributed by atoms with Crippen LogP contribution in [0.25, 0.3) is 0 Å². The molecule has 2 N–H and O–H groups in total. The molecule has 1 aromatic carbocycles. The number of aliphatic hydroxyl groups excluding tert-OH is 1. The number of benzene rings is 1. The van der Waals surface area contributed by atoms with Crippen LogP contribution in [-0.4, -0.2) is 42.0 Å². The van der Waals surface area contributed by atoms with Gasteiger partial charge in [0.15, 0.2) is 5.78 Å². The van der Waals surface area contributed by atoms with Crippen molar-refractivity contribution in [1.82, 2.24) is 0 Å². The van der Waals surface area contributed by atoms with Crippen LogP contribution in [0.5, 0.6) is 0 Å². The molecule has 0 aromatic heterocycles. The summed E-state index contributed by atoms with van der Waals surface area (Å²) in [5.74, 6) is -0.709. The van der Waals surface area contributed by atoms with E-state index >= 15 is 0 Å². The van der Waals surface area contributed by atoms with Crippen molar-refractivity contribution >= 4 is 29.0 Å². The van der Waals surface area contributed by atoms with E-state index in [1.807, 2.05) is 0 Å². The number of hydrogen-bond donors (Lipinski definition) is 2. The Morgan fingerprint density at radius 3 is 2.74 bits per heavy atom. The molecule has 1 rings (SSSR count). The maximum Gasteiger partial charge on any atom is 0.340 e. The number of anilines is 1. The first-order chi connectivity index (χ1) is 9.04. The van der Waals surface area contributed by atoms with E-state index in [0.717, 1.165) is 0 Å². The van der Waals surface area contributed by atoms with E-state index in [4.69, 9.17) is 16.3 Å². The molecule has 1 unspecified atom stereocenters. The van der Waals surface area contributed by atoms with Crippen molar-refractivity contribution in [3.8, 4) is 0 Å². The molecular formula is C13H16ClNO4. The van der Waals surface area contributed by atoms with Gasteiger partial charge < -0.3 is 15.2 Å². The Kier molecular flexibility index (Phi) is 6.32. The van der Waals surface area contributed by atoms with Crippen LogP contribution in [0.2, 0.25) is 0 Å². The van der Waals surface area contributed by atoms with Gasteiger partial charge in [-0.1, -0.05) is 12.1 Å². The SMILES string of the molecule is CC(=O)COC(=O)c1ccccc1NCC(O)CCl. The maximum absolute atomic E-state index is 11.8. The highest BCUT2D eigenvalue weighted by Gasteiger charge is 2.13. The number of para-hydroxylation sites is 1. The molecule has 0 aliphatic carbocycles. The molecule has 0 aliphatic heterocycles. The molecule has 0 fully saturated rings. The van der Waals surface area contributed by atoms with Gasteiger partial charge in [0.2, 0.25) is 0 Å². The van der Waals surface area contributed by atoms with Gasteiger partial charge in [-0.25, -0.2) is 4.79 Å². The average Bonchev–Trinajstić information content (AvgIpc) is 2.42. The zero-order valence-electron chi connectivity index (χ0n) is 10.6. The molecule has 5 nitrogen and oxygen atoms in total. The summed E-state index contributed by atoms with van der Waals surface area (Å²) < 4.78 is 4.85. The number of ketones is 1. The van der Waals surface area contributed by atoms with Crippen molar-refractivity contribution in [3.63, 3.8) is 0 Å². The number of carbonyl (C=O) groups is 2. The van der Waals surface area contributed by atoms with Gasteiger partial charge in [-0.15, -0.1) is 11.6 Å². The smallest absolute Gasteiger partial charge is 0.340 e. The predicted octanol–water partition coefficient (Wildman–Crippen LogP) is 1.44. The highest BCUT2D eigenvalue weighted by Crippen LogP contribution is 2.16. The Labute approximate surface area is 116 Å². The van der Waals surface area contributed by atoms with E-state index in [1.54, 1.807) is 24.3 Å². The van der Waals surface area contributed by atoms with Crippen LogP contribution in [0.4, 0.5) is 5.69 Å². The van der Waals surface area contributed by atoms with Crippen LogP contribution >= 0.6 is 11.6 Å². The van der Waals surface area contributed by atoms with E-state index in [1.165, 1.54) is 6.92 Å². The van der Waals surface area contributed by atoms with Crippen LogP contribution in [0, 0.1) is 0 Å². The number of aliphatic hydroxyl groups is 1. The lowest BCUT2D eigenvalue weighted by Gasteiger charge is -2.13. The number of hydrogen-bond acceptors (Lipinski definition) is 5. The van der Waals surface area contributed by atoms with E-state index in [9.17, 15) is 14.7 Å². The maximum atomic E-state index is 11.8. The van der Waals surface area contributed by atoms with Gasteiger partial charge >= 0.3 is 5.97 Å². The summed E-state index contributed by atoms with van der Waals surface area (Å²) in [6.45, 7) is 1.31. The molecule has 6 heteroatoms. The molecular weight excluding hydrogens is 270 g/mol. The molecule has 0 heterocycles. The minimum Gasteiger partial charge on any atom is -0.454 e. The second-order valence-corrected chi connectivity index (χ2v) is 4.32. The Morgan fingerprint density at radius 2 is 2.11 bits per heavy atom. The minimum absolute atomic E-state index is 0.101. The number of Topliss-reactive ketones (excluding diaryl/α,β-unsaturated/α-hetero) is 1. The number of ether oxygens (including phenoxy) is 1. The highest BCUT2D eigenvalue weighted by molar-refractivity contribution is 6.18. The van der Waals surface area contributed by atoms with E-state index in [-0.39, 0.29) is 24.8 Å². The third-order valence-corrected chi connectivity index (χ3v) is 2.62. The monoisotopic (exact) mass is 285 g/mol. The molecule has 0 saturated carbocycles. The highest BCUT2D eigenvalue weighted by atomic mass is 35.5. The fourth-order valence-electron chi connectivity index (χ4n) is 1.34. The summed E-state index contributed by atoms with van der Waals surface area (Å²) >= 11 is 5.49. The van der Waals surface area contributed by atoms with Crippen LogP contribution in [0.3, 0.4) is 0 Å². The first kappa shape index (κ1) is 15.5. The molecule has 0 radical (unpaired) electrons. The Morgan fingerprint density at radius 1 is 1.42 bits per heavy atom. The Hall–Kier alpha value is -1.59. The van der Waals surface area contributed by atoms with Crippen LogP contribution in [-0.2, 0) is 9.53 Å². The van der Waals surface area contributed by atoms with Gasteiger partial charge in [-0.3, -0.25) is 4.79 Å². The lowest BCUT2D eigenvalue weighted by Crippen LogP contribution is -2.22. The number of carbonyl (C=O) groups excluding carboxylic acids is 2. The molecule has 0 aliphatic rings. The Balaban J connectivity index is 2.71. The fraction of sp³-hybridized carbons (Fsp3) is 0.385. The number of halogens is 1. The van der Waals surface area contributed by atoms with Gasteiger partial charge in [-0.05, 0) is 19.1 Å². The molecule has 1 atom stereocenters. The largest absolute Gasteiger partial charge is 0.454 e. The summed E-state index contributed by atoms with van der Waals surface area (Å²) in [6.07, 6.45) is -0.706. The third-order valence-electron chi connectivity index (χ3n) is 2.26. The number of esters is 1. The molecule has 0 amide bonds. The molecule has 1 aromatic rings. The van der Waals surface area contributed by atoms with Crippen molar-refractivity contribution in [1.29, 1.82) is 0 Å². The van der Waals surface area contributed by atoms with Crippen LogP contribution in [0.1, 0.15) is 17.3 Å². The summed E-state index contributed by atoms with van der Waals surface area (Å²) in [5.41, 5.74) is 0.839. The molecule has 0 bridgehead atoms. The first-order valence-electron chi connectivity index (χ1n) is 5.78. The second-order valence-electron chi connectivity index (χ2n) is 4.01. The van der Waals surface area contributed by atoms with Gasteiger partial charge in [0.05, 0.1) is 17.5 Å². The minimum atomic E-state index is -0.706. The van der Waals surface area contributed by atoms with Gasteiger partial charge in [0.25, 0.3) is 0 Å². The van der Waals surface area contributed by atoms with Crippen LogP contribution < -0.4 is 5.32 Å². The summed E-state index contributed by atoms with van der Waals surface area (Å²) in [5, 5.41) is 12.3. The van der Waals surface area contributed by atoms with Crippen molar-refractivity contribution in [2.45, 2.75) is 13.0 Å². The number of nitrogens with one attached hydrogen (secondary N) is 1. The second kappa shape index (κ2) is 7.76. The summed E-state index contributed by atoms with van der Waals surface area (Å²) in [7, 11) is 0. The van der Waals surface area contributed by atoms with Gasteiger partial charge in [0, 0.05) is 12.2 Å². The lowest BCUT2D eigenvalue weighted by atomic mass is 10.1. The lowest BCUT2D eigenvalue weighted by molar-refractivity contribution is -0.120. The molecule has 0 saturated heterocycles. The van der Waals surface area contributed by atoms with Crippen molar-refractivity contribution in [3.05, 3.63) is 29.8 Å². The summed E-state index contributed by atoms with van der Waals surface area (Å²) in [6, 6.07) is 6.70. The quantitative estimate of drug-likeness (QED) is 0.586. The van der Waals surface area contributed by atoms with Crippen LogP contribution in [0.15, 0.2) is 24.3 Å². The van der Waals surface area contributed by atoms with Gasteiger partial charge in [0.1, 0.15) is 6.61 Å². The number of alkyl halides is 1. The van der Waals surface area contributed by atoms with E-state index in [0.29, 0.717) is 11.3 Å². The average molecular weight is 286 g/mol. The normalized spacial score (nSPS) is 11.7. The van der Waals surface area contributed by atoms with Crippen molar-refractivity contribution in [2.24, 2.45) is 0 Å². The van der Waals surface area contributed by atoms with E-state index < -0.39 is 12.1 Å². The standard InChI is InChI=1S/C13H16ClNO4/c1-9(16)8-19-13(18)11-4-2-3-5-12(11)15-7-10(17)6-14/h2-5,10,15,17H,6-8H2,1H3. The van der Waals surface area contributed by atoms with Crippen molar-refractivity contribution in [2.75, 3.05) is 24.3 Å². The summed E-state index contributed by atoms with van der Waals surface area (Å²) in [4.78, 5) is 22.6. The zero-order chi connectivity index (χ0) is 14.3. The van der Waals surface area contributed by atoms with Gasteiger partial charge in [-0.2, -0.15) is 0 Å². The fourth-order valence-corrected chi connectivity index (χ4v) is 1.45. The molecule has 0 spiro atoms. The molecule has 104 valence electrons. The van der Waals surface area contributed by atoms with E-state index in [2.05, 4.69) is 5.32 Å². The zero-order valence-corrected chi connectivity index (χ0v) is 11.3. The first-order valence-corrected chi connectivity index (χ1v) is 6.31. The topological polar surface area (TPSA) is 75.6 Å². The predicted molar refractivity (Wildman–Crippen MR) is 72.6 cm³/mol. The number of rotatable bonds is 7. The Bertz CT molecular complexity index is 450. The third kappa shape index (κ3) is 5.28. The van der Waals surface area contributed by atoms with Crippen molar-refractivity contribution < 1.29 is 19.4 Å².